The van der Waals surface area contributed by atoms with Crippen molar-refractivity contribution in [2.75, 3.05) is 6.61 Å². The van der Waals surface area contributed by atoms with E-state index in [0.29, 0.717) is 16.3 Å². The van der Waals surface area contributed by atoms with Crippen molar-refractivity contribution in [2.24, 2.45) is 0 Å². The number of carbonyl (C=O) groups excluding carboxylic acids is 2. The van der Waals surface area contributed by atoms with Crippen LogP contribution < -0.4 is 10.6 Å². The van der Waals surface area contributed by atoms with Gasteiger partial charge in [0.15, 0.2) is 0 Å². The largest absolute Gasteiger partial charge is 0.458 e. The molecule has 0 saturated heterocycles. The molecule has 22 heavy (non-hydrogen) atoms. The fourth-order valence-corrected chi connectivity index (χ4v) is 2.40. The number of nitrogens with one attached hydrogen (secondary N) is 2. The van der Waals surface area contributed by atoms with Crippen LogP contribution in [0.3, 0.4) is 0 Å². The standard InChI is InChI=1S/C16H17ClN2O3/c1-3-4-8-22-15(20)13-10(2)18-16(21)19-14(13)11-6-5-7-12(17)9-11/h3-7,9,14H,8H2,1-2H3,(H2,18,19,21). The number of ether oxygens (including phenoxy) is 1. The van der Waals surface area contributed by atoms with Crippen molar-refractivity contribution in [1.82, 2.24) is 10.6 Å². The van der Waals surface area contributed by atoms with E-state index in [1.807, 2.05) is 6.92 Å². The van der Waals surface area contributed by atoms with Gasteiger partial charge >= 0.3 is 12.0 Å². The van der Waals surface area contributed by atoms with Gasteiger partial charge in [0.05, 0.1) is 11.6 Å². The van der Waals surface area contributed by atoms with Crippen LogP contribution in [-0.4, -0.2) is 18.6 Å². The monoisotopic (exact) mass is 320 g/mol. The molecule has 0 aromatic heterocycles. The van der Waals surface area contributed by atoms with Gasteiger partial charge in [-0.25, -0.2) is 9.59 Å². The van der Waals surface area contributed by atoms with E-state index in [1.165, 1.54) is 0 Å². The molecule has 1 aliphatic heterocycles. The molecular weight excluding hydrogens is 304 g/mol. The lowest BCUT2D eigenvalue weighted by Crippen LogP contribution is -2.45. The summed E-state index contributed by atoms with van der Waals surface area (Å²) in [4.78, 5) is 24.0. The lowest BCUT2D eigenvalue weighted by atomic mass is 9.95. The second-order valence-electron chi connectivity index (χ2n) is 4.79. The Morgan fingerprint density at radius 2 is 2.23 bits per heavy atom. The zero-order chi connectivity index (χ0) is 16.1. The number of halogens is 1. The van der Waals surface area contributed by atoms with Crippen LogP contribution in [0.5, 0.6) is 0 Å². The fourth-order valence-electron chi connectivity index (χ4n) is 2.20. The molecule has 0 fully saturated rings. The first-order valence-corrected chi connectivity index (χ1v) is 7.22. The molecule has 0 spiro atoms. The van der Waals surface area contributed by atoms with Crippen LogP contribution >= 0.6 is 11.6 Å². The Hall–Kier alpha value is -2.27. The molecule has 2 N–H and O–H groups in total. The van der Waals surface area contributed by atoms with E-state index in [2.05, 4.69) is 10.6 Å². The van der Waals surface area contributed by atoms with E-state index >= 15 is 0 Å². The number of allylic oxidation sites excluding steroid dienone is 2. The number of benzene rings is 1. The predicted octanol–water partition coefficient (Wildman–Crippen LogP) is 3.09. The summed E-state index contributed by atoms with van der Waals surface area (Å²) >= 11 is 6.00. The highest BCUT2D eigenvalue weighted by molar-refractivity contribution is 6.30. The number of urea groups is 1. The molecule has 0 saturated carbocycles. The summed E-state index contributed by atoms with van der Waals surface area (Å²) in [7, 11) is 0. The highest BCUT2D eigenvalue weighted by Gasteiger charge is 2.32. The van der Waals surface area contributed by atoms with E-state index in [9.17, 15) is 9.59 Å². The Kier molecular flexibility index (Phi) is 5.22. The molecule has 1 aliphatic rings. The summed E-state index contributed by atoms with van der Waals surface area (Å²) < 4.78 is 5.20. The topological polar surface area (TPSA) is 67.4 Å². The van der Waals surface area contributed by atoms with Gasteiger partial charge in [0, 0.05) is 10.7 Å². The molecule has 1 aromatic rings. The molecule has 2 amide bonds. The highest BCUT2D eigenvalue weighted by atomic mass is 35.5. The number of amides is 2. The third-order valence-electron chi connectivity index (χ3n) is 3.22. The summed E-state index contributed by atoms with van der Waals surface area (Å²) in [6.07, 6.45) is 3.53. The van der Waals surface area contributed by atoms with Crippen LogP contribution in [-0.2, 0) is 9.53 Å². The lowest BCUT2D eigenvalue weighted by Gasteiger charge is -2.28. The van der Waals surface area contributed by atoms with Crippen LogP contribution in [0.1, 0.15) is 25.5 Å². The van der Waals surface area contributed by atoms with Crippen LogP contribution in [0.2, 0.25) is 5.02 Å². The van der Waals surface area contributed by atoms with Crippen molar-refractivity contribution in [3.8, 4) is 0 Å². The minimum Gasteiger partial charge on any atom is -0.458 e. The molecule has 6 heteroatoms. The number of hydrogen-bond donors (Lipinski definition) is 2. The SMILES string of the molecule is CC=CCOC(=O)C1=C(C)NC(=O)NC1c1cccc(Cl)c1. The molecule has 2 rings (SSSR count). The molecule has 0 aliphatic carbocycles. The molecule has 1 unspecified atom stereocenters. The van der Waals surface area contributed by atoms with E-state index in [1.54, 1.807) is 43.3 Å². The van der Waals surface area contributed by atoms with Crippen LogP contribution in [0, 0.1) is 0 Å². The summed E-state index contributed by atoms with van der Waals surface area (Å²) in [6, 6.07) is 6.05. The van der Waals surface area contributed by atoms with Gasteiger partial charge in [-0.2, -0.15) is 0 Å². The number of hydrogen-bond acceptors (Lipinski definition) is 3. The summed E-state index contributed by atoms with van der Waals surface area (Å²) in [6.45, 7) is 3.69. The highest BCUT2D eigenvalue weighted by Crippen LogP contribution is 2.28. The molecule has 116 valence electrons. The smallest absolute Gasteiger partial charge is 0.338 e. The Morgan fingerprint density at radius 1 is 1.45 bits per heavy atom. The Morgan fingerprint density at radius 3 is 2.91 bits per heavy atom. The molecule has 1 atom stereocenters. The molecule has 0 radical (unpaired) electrons. The second-order valence-corrected chi connectivity index (χ2v) is 5.23. The fraction of sp³-hybridized carbons (Fsp3) is 0.250. The van der Waals surface area contributed by atoms with Gasteiger partial charge < -0.3 is 15.4 Å². The number of esters is 1. The third kappa shape index (κ3) is 3.68. The summed E-state index contributed by atoms with van der Waals surface area (Å²) in [5.41, 5.74) is 1.56. The third-order valence-corrected chi connectivity index (χ3v) is 3.45. The van der Waals surface area contributed by atoms with Gasteiger partial charge in [0.1, 0.15) is 6.61 Å². The summed E-state index contributed by atoms with van der Waals surface area (Å²) in [5.74, 6) is -0.479. The Balaban J connectivity index is 2.34. The van der Waals surface area contributed by atoms with Gasteiger partial charge in [-0.15, -0.1) is 0 Å². The lowest BCUT2D eigenvalue weighted by molar-refractivity contribution is -0.138. The van der Waals surface area contributed by atoms with Crippen LogP contribution in [0.25, 0.3) is 0 Å². The maximum Gasteiger partial charge on any atom is 0.338 e. The zero-order valence-corrected chi connectivity index (χ0v) is 13.1. The first-order chi connectivity index (χ1) is 10.5. The first kappa shape index (κ1) is 16.1. The average molecular weight is 321 g/mol. The van der Waals surface area contributed by atoms with Gasteiger partial charge in [0.25, 0.3) is 0 Å². The zero-order valence-electron chi connectivity index (χ0n) is 12.4. The van der Waals surface area contributed by atoms with Crippen molar-refractivity contribution in [2.45, 2.75) is 19.9 Å². The van der Waals surface area contributed by atoms with Crippen molar-refractivity contribution in [3.05, 3.63) is 58.3 Å². The van der Waals surface area contributed by atoms with Crippen molar-refractivity contribution >= 4 is 23.6 Å². The summed E-state index contributed by atoms with van der Waals surface area (Å²) in [5, 5.41) is 5.85. The van der Waals surface area contributed by atoms with E-state index in [4.69, 9.17) is 16.3 Å². The number of carbonyl (C=O) groups is 2. The quantitative estimate of drug-likeness (QED) is 0.661. The van der Waals surface area contributed by atoms with Gasteiger partial charge in [0.2, 0.25) is 0 Å². The Bertz CT molecular complexity index is 653. The van der Waals surface area contributed by atoms with Crippen LogP contribution in [0.4, 0.5) is 4.79 Å². The van der Waals surface area contributed by atoms with Crippen molar-refractivity contribution in [1.29, 1.82) is 0 Å². The van der Waals surface area contributed by atoms with Crippen molar-refractivity contribution in [3.63, 3.8) is 0 Å². The predicted molar refractivity (Wildman–Crippen MR) is 84.3 cm³/mol. The maximum absolute atomic E-state index is 12.3. The maximum atomic E-state index is 12.3. The Labute approximate surface area is 134 Å². The van der Waals surface area contributed by atoms with E-state index in [-0.39, 0.29) is 12.6 Å². The normalized spacial score (nSPS) is 18.1. The average Bonchev–Trinajstić information content (AvgIpc) is 2.46. The number of rotatable bonds is 4. The molecule has 0 bridgehead atoms. The van der Waals surface area contributed by atoms with Crippen molar-refractivity contribution < 1.29 is 14.3 Å². The van der Waals surface area contributed by atoms with Gasteiger partial charge in [-0.1, -0.05) is 35.9 Å². The first-order valence-electron chi connectivity index (χ1n) is 6.85. The molecular formula is C16H17ClN2O3. The molecule has 5 nitrogen and oxygen atoms in total. The van der Waals surface area contributed by atoms with Gasteiger partial charge in [-0.05, 0) is 31.5 Å². The van der Waals surface area contributed by atoms with Gasteiger partial charge in [-0.3, -0.25) is 0 Å². The minimum atomic E-state index is -0.592. The van der Waals surface area contributed by atoms with E-state index in [0.717, 1.165) is 5.56 Å². The molecule has 1 heterocycles. The van der Waals surface area contributed by atoms with E-state index < -0.39 is 12.0 Å². The second kappa shape index (κ2) is 7.13. The minimum absolute atomic E-state index is 0.183. The van der Waals surface area contributed by atoms with Crippen LogP contribution in [0.15, 0.2) is 47.7 Å². The molecule has 1 aromatic carbocycles.